The average Bonchev–Trinajstić information content (AvgIpc) is 2.72. The van der Waals surface area contributed by atoms with Gasteiger partial charge in [0.1, 0.15) is 0 Å². The van der Waals surface area contributed by atoms with E-state index >= 15 is 0 Å². The van der Waals surface area contributed by atoms with Crippen molar-refractivity contribution in [2.45, 2.75) is 38.3 Å². The summed E-state index contributed by atoms with van der Waals surface area (Å²) in [5.74, 6) is 1.95. The molecule has 2 aliphatic rings. The third-order valence-corrected chi connectivity index (χ3v) is 5.70. The van der Waals surface area contributed by atoms with Gasteiger partial charge in [0.25, 0.3) is 0 Å². The molecule has 1 fully saturated rings. The second kappa shape index (κ2) is 7.20. The van der Waals surface area contributed by atoms with Crippen molar-refractivity contribution in [3.63, 3.8) is 0 Å². The van der Waals surface area contributed by atoms with Gasteiger partial charge in [-0.05, 0) is 48.6 Å². The molecule has 4 nitrogen and oxygen atoms in total. The van der Waals surface area contributed by atoms with Crippen LogP contribution < -0.4 is 14.8 Å². The average molecular weight is 353 g/mol. The SMILES string of the molecule is CCc1ccc2c(c1)[C@H]1OCCC[C@H]1[C@@H](c1ccc(OC)c(OC)c1)N2. The molecule has 0 amide bonds. The van der Waals surface area contributed by atoms with E-state index in [2.05, 4.69) is 42.6 Å². The Hall–Kier alpha value is -2.20. The number of methoxy groups -OCH3 is 2. The first-order valence-electron chi connectivity index (χ1n) is 9.48. The summed E-state index contributed by atoms with van der Waals surface area (Å²) in [7, 11) is 3.35. The van der Waals surface area contributed by atoms with E-state index in [1.54, 1.807) is 14.2 Å². The molecule has 2 aliphatic heterocycles. The molecule has 2 heterocycles. The predicted molar refractivity (Wildman–Crippen MR) is 103 cm³/mol. The third kappa shape index (κ3) is 2.92. The summed E-state index contributed by atoms with van der Waals surface area (Å²) in [5.41, 5.74) is 5.08. The maximum Gasteiger partial charge on any atom is 0.161 e. The zero-order valence-corrected chi connectivity index (χ0v) is 15.7. The number of hydrogen-bond donors (Lipinski definition) is 1. The van der Waals surface area contributed by atoms with E-state index in [1.807, 2.05) is 6.07 Å². The van der Waals surface area contributed by atoms with Crippen LogP contribution in [0.1, 0.15) is 48.6 Å². The molecule has 0 radical (unpaired) electrons. The Morgan fingerprint density at radius 2 is 1.92 bits per heavy atom. The van der Waals surface area contributed by atoms with Crippen molar-refractivity contribution >= 4 is 5.69 Å². The van der Waals surface area contributed by atoms with Crippen molar-refractivity contribution in [2.75, 3.05) is 26.1 Å². The Balaban J connectivity index is 1.75. The fraction of sp³-hybridized carbons (Fsp3) is 0.455. The Morgan fingerprint density at radius 1 is 1.08 bits per heavy atom. The Bertz CT molecular complexity index is 789. The molecule has 0 bridgehead atoms. The van der Waals surface area contributed by atoms with Crippen LogP contribution in [-0.4, -0.2) is 20.8 Å². The number of aryl methyl sites for hydroxylation is 1. The van der Waals surface area contributed by atoms with Crippen LogP contribution in [-0.2, 0) is 11.2 Å². The lowest BCUT2D eigenvalue weighted by Crippen LogP contribution is -2.36. The predicted octanol–water partition coefficient (Wildman–Crippen LogP) is 4.90. The molecule has 1 saturated heterocycles. The fourth-order valence-corrected chi connectivity index (χ4v) is 4.32. The second-order valence-electron chi connectivity index (χ2n) is 7.11. The normalized spacial score (nSPS) is 24.2. The van der Waals surface area contributed by atoms with E-state index in [4.69, 9.17) is 14.2 Å². The molecule has 0 spiro atoms. The van der Waals surface area contributed by atoms with Crippen LogP contribution in [0.4, 0.5) is 5.69 Å². The number of hydrogen-bond acceptors (Lipinski definition) is 4. The summed E-state index contributed by atoms with van der Waals surface area (Å²) in [4.78, 5) is 0. The second-order valence-corrected chi connectivity index (χ2v) is 7.11. The lowest BCUT2D eigenvalue weighted by atomic mass is 9.77. The summed E-state index contributed by atoms with van der Waals surface area (Å²) < 4.78 is 17.2. The van der Waals surface area contributed by atoms with Gasteiger partial charge in [-0.15, -0.1) is 0 Å². The smallest absolute Gasteiger partial charge is 0.161 e. The van der Waals surface area contributed by atoms with E-state index in [1.165, 1.54) is 22.4 Å². The highest BCUT2D eigenvalue weighted by Gasteiger charge is 2.40. The van der Waals surface area contributed by atoms with Gasteiger partial charge in [-0.1, -0.05) is 25.1 Å². The molecule has 0 unspecified atom stereocenters. The standard InChI is InChI=1S/C22H27NO3/c1-4-14-7-9-18-17(12-14)22-16(6-5-11-26-22)21(23-18)15-8-10-19(24-2)20(13-15)25-3/h7-10,12-13,16,21-23H,4-6,11H2,1-3H3/t16-,21+,22-/m0/s1. The summed E-state index contributed by atoms with van der Waals surface area (Å²) in [6.07, 6.45) is 3.47. The number of ether oxygens (including phenoxy) is 3. The molecule has 0 aromatic heterocycles. The van der Waals surface area contributed by atoms with Gasteiger partial charge >= 0.3 is 0 Å². The van der Waals surface area contributed by atoms with Crippen molar-refractivity contribution in [1.29, 1.82) is 0 Å². The molecule has 0 aliphatic carbocycles. The van der Waals surface area contributed by atoms with Crippen molar-refractivity contribution in [3.05, 3.63) is 53.1 Å². The minimum Gasteiger partial charge on any atom is -0.493 e. The van der Waals surface area contributed by atoms with Crippen LogP contribution in [0.15, 0.2) is 36.4 Å². The molecule has 4 rings (SSSR count). The zero-order valence-electron chi connectivity index (χ0n) is 15.7. The Labute approximate surface area is 155 Å². The molecular weight excluding hydrogens is 326 g/mol. The van der Waals surface area contributed by atoms with E-state index in [0.717, 1.165) is 37.4 Å². The van der Waals surface area contributed by atoms with Gasteiger partial charge in [0.2, 0.25) is 0 Å². The number of anilines is 1. The van der Waals surface area contributed by atoms with Crippen molar-refractivity contribution in [2.24, 2.45) is 5.92 Å². The fourth-order valence-electron chi connectivity index (χ4n) is 4.32. The summed E-state index contributed by atoms with van der Waals surface area (Å²) >= 11 is 0. The van der Waals surface area contributed by atoms with Crippen LogP contribution in [0.25, 0.3) is 0 Å². The van der Waals surface area contributed by atoms with Gasteiger partial charge in [0.05, 0.1) is 26.4 Å². The topological polar surface area (TPSA) is 39.7 Å². The highest BCUT2D eigenvalue weighted by molar-refractivity contribution is 5.59. The first-order chi connectivity index (χ1) is 12.7. The minimum absolute atomic E-state index is 0.157. The van der Waals surface area contributed by atoms with Gasteiger partial charge in [-0.25, -0.2) is 0 Å². The highest BCUT2D eigenvalue weighted by Crippen LogP contribution is 2.50. The van der Waals surface area contributed by atoms with E-state index in [9.17, 15) is 0 Å². The highest BCUT2D eigenvalue weighted by atomic mass is 16.5. The van der Waals surface area contributed by atoms with Gasteiger partial charge in [-0.2, -0.15) is 0 Å². The lowest BCUT2D eigenvalue weighted by Gasteiger charge is -2.43. The van der Waals surface area contributed by atoms with Crippen LogP contribution >= 0.6 is 0 Å². The number of fused-ring (bicyclic) bond motifs is 3. The molecule has 2 aromatic rings. The van der Waals surface area contributed by atoms with Gasteiger partial charge < -0.3 is 19.5 Å². The molecule has 138 valence electrons. The van der Waals surface area contributed by atoms with Gasteiger partial charge in [0, 0.05) is 23.8 Å². The van der Waals surface area contributed by atoms with E-state index < -0.39 is 0 Å². The van der Waals surface area contributed by atoms with Gasteiger partial charge in [-0.3, -0.25) is 0 Å². The Morgan fingerprint density at radius 3 is 2.69 bits per heavy atom. The molecule has 0 saturated carbocycles. The molecular formula is C22H27NO3. The molecule has 2 aromatic carbocycles. The van der Waals surface area contributed by atoms with Crippen molar-refractivity contribution in [3.8, 4) is 11.5 Å². The monoisotopic (exact) mass is 353 g/mol. The van der Waals surface area contributed by atoms with Crippen LogP contribution in [0.2, 0.25) is 0 Å². The number of benzene rings is 2. The maximum absolute atomic E-state index is 6.27. The van der Waals surface area contributed by atoms with Crippen LogP contribution in [0, 0.1) is 5.92 Å². The van der Waals surface area contributed by atoms with Crippen LogP contribution in [0.3, 0.4) is 0 Å². The van der Waals surface area contributed by atoms with E-state index in [-0.39, 0.29) is 12.1 Å². The molecule has 3 atom stereocenters. The van der Waals surface area contributed by atoms with E-state index in [0.29, 0.717) is 5.92 Å². The molecule has 26 heavy (non-hydrogen) atoms. The number of nitrogens with one attached hydrogen (secondary N) is 1. The zero-order chi connectivity index (χ0) is 18.1. The molecule has 1 N–H and O–H groups in total. The van der Waals surface area contributed by atoms with Crippen LogP contribution in [0.5, 0.6) is 11.5 Å². The minimum atomic E-state index is 0.157. The Kier molecular flexibility index (Phi) is 4.77. The summed E-state index contributed by atoms with van der Waals surface area (Å²) in [6, 6.07) is 13.2. The number of rotatable bonds is 4. The first kappa shape index (κ1) is 17.2. The summed E-state index contributed by atoms with van der Waals surface area (Å²) in [6.45, 7) is 3.04. The quantitative estimate of drug-likeness (QED) is 0.848. The maximum atomic E-state index is 6.27. The largest absolute Gasteiger partial charge is 0.493 e. The lowest BCUT2D eigenvalue weighted by molar-refractivity contribution is -0.0381. The first-order valence-corrected chi connectivity index (χ1v) is 9.48. The third-order valence-electron chi connectivity index (χ3n) is 5.70. The van der Waals surface area contributed by atoms with Crippen molar-refractivity contribution in [1.82, 2.24) is 0 Å². The van der Waals surface area contributed by atoms with Gasteiger partial charge in [0.15, 0.2) is 11.5 Å². The van der Waals surface area contributed by atoms with Crippen molar-refractivity contribution < 1.29 is 14.2 Å². The summed E-state index contributed by atoms with van der Waals surface area (Å²) in [5, 5.41) is 3.78. The molecule has 4 heteroatoms.